The molecular weight excluding hydrogens is 544 g/mol. The van der Waals surface area contributed by atoms with Gasteiger partial charge in [-0.15, -0.1) is 0 Å². The Morgan fingerprint density at radius 1 is 0.386 bits per heavy atom. The summed E-state index contributed by atoms with van der Waals surface area (Å²) in [6.45, 7) is 0. The second-order valence-electron chi connectivity index (χ2n) is 10.7. The molecule has 206 valence electrons. The van der Waals surface area contributed by atoms with Gasteiger partial charge in [0.25, 0.3) is 0 Å². The van der Waals surface area contributed by atoms with E-state index in [9.17, 15) is 0 Å². The summed E-state index contributed by atoms with van der Waals surface area (Å²) in [5.41, 5.74) is 11.2. The third-order valence-corrected chi connectivity index (χ3v) is 8.06. The first-order chi connectivity index (χ1) is 21.8. The van der Waals surface area contributed by atoms with Gasteiger partial charge >= 0.3 is 0 Å². The Hall–Kier alpha value is -6.14. The van der Waals surface area contributed by atoms with Gasteiger partial charge in [-0.2, -0.15) is 0 Å². The van der Waals surface area contributed by atoms with Crippen molar-refractivity contribution in [3.8, 4) is 45.0 Å². The monoisotopic (exact) mass is 566 g/mol. The molecule has 44 heavy (non-hydrogen) atoms. The summed E-state index contributed by atoms with van der Waals surface area (Å²) in [6, 6.07) is 42.8. The molecule has 0 spiro atoms. The second kappa shape index (κ2) is 9.71. The lowest BCUT2D eigenvalue weighted by atomic mass is 10.00. The van der Waals surface area contributed by atoms with Crippen LogP contribution in [0.1, 0.15) is 0 Å². The van der Waals surface area contributed by atoms with Crippen LogP contribution in [0.15, 0.2) is 143 Å². The van der Waals surface area contributed by atoms with Crippen LogP contribution in [0.5, 0.6) is 0 Å². The molecule has 0 radical (unpaired) electrons. The molecule has 0 unspecified atom stereocenters. The summed E-state index contributed by atoms with van der Waals surface area (Å²) in [6.07, 6.45) is 1.60. The molecule has 0 saturated carbocycles. The minimum absolute atomic E-state index is 0.669. The Labute approximate surface area is 251 Å². The van der Waals surface area contributed by atoms with Gasteiger partial charge in [-0.1, -0.05) is 103 Å². The number of benzene rings is 5. The Bertz CT molecular complexity index is 2480. The zero-order valence-corrected chi connectivity index (χ0v) is 23.3. The fraction of sp³-hybridized carbons (Fsp3) is 0. The largest absolute Gasteiger partial charge is 0.452 e. The first-order valence-corrected chi connectivity index (χ1v) is 14.4. The van der Waals surface area contributed by atoms with E-state index in [4.69, 9.17) is 18.8 Å². The number of aromatic nitrogens is 4. The molecule has 0 atom stereocenters. The van der Waals surface area contributed by atoms with E-state index in [-0.39, 0.29) is 0 Å². The van der Waals surface area contributed by atoms with Crippen molar-refractivity contribution in [1.29, 1.82) is 0 Å². The van der Waals surface area contributed by atoms with Crippen molar-refractivity contribution in [1.82, 2.24) is 19.9 Å². The van der Waals surface area contributed by atoms with Crippen LogP contribution >= 0.6 is 0 Å². The van der Waals surface area contributed by atoms with Crippen molar-refractivity contribution < 1.29 is 8.83 Å². The first-order valence-electron chi connectivity index (χ1n) is 14.4. The van der Waals surface area contributed by atoms with E-state index < -0.39 is 0 Å². The summed E-state index contributed by atoms with van der Waals surface area (Å²) in [5, 5.41) is 1.96. The molecule has 6 heteroatoms. The molecule has 9 aromatic rings. The normalized spacial score (nSPS) is 11.6. The van der Waals surface area contributed by atoms with Gasteiger partial charge in [0.2, 0.25) is 0 Å². The van der Waals surface area contributed by atoms with E-state index in [0.29, 0.717) is 17.0 Å². The van der Waals surface area contributed by atoms with Gasteiger partial charge in [0, 0.05) is 27.5 Å². The van der Waals surface area contributed by atoms with Crippen molar-refractivity contribution in [2.24, 2.45) is 0 Å². The molecule has 6 nitrogen and oxygen atoms in total. The maximum Gasteiger partial charge on any atom is 0.180 e. The van der Waals surface area contributed by atoms with E-state index in [1.54, 1.807) is 6.33 Å². The van der Waals surface area contributed by atoms with Crippen molar-refractivity contribution in [2.45, 2.75) is 0 Å². The molecule has 0 aliphatic carbocycles. The number of hydrogen-bond donors (Lipinski definition) is 0. The molecule has 5 aromatic carbocycles. The van der Waals surface area contributed by atoms with Gasteiger partial charge in [-0.05, 0) is 35.4 Å². The Morgan fingerprint density at radius 3 is 1.57 bits per heavy atom. The highest BCUT2D eigenvalue weighted by Gasteiger charge is 2.18. The van der Waals surface area contributed by atoms with E-state index in [1.165, 1.54) is 0 Å². The molecular formula is C38H22N4O2. The number of nitrogens with zero attached hydrogens (tertiary/aromatic N) is 4. The predicted octanol–water partition coefficient (Wildman–Crippen LogP) is 9.73. The van der Waals surface area contributed by atoms with E-state index in [2.05, 4.69) is 58.5 Å². The average molecular weight is 567 g/mol. The fourth-order valence-corrected chi connectivity index (χ4v) is 5.87. The van der Waals surface area contributed by atoms with Crippen LogP contribution < -0.4 is 0 Å². The van der Waals surface area contributed by atoms with Gasteiger partial charge in [0.1, 0.15) is 39.9 Å². The Morgan fingerprint density at radius 2 is 0.909 bits per heavy atom. The minimum Gasteiger partial charge on any atom is -0.452 e. The second-order valence-corrected chi connectivity index (χ2v) is 10.7. The highest BCUT2D eigenvalue weighted by atomic mass is 16.3. The topological polar surface area (TPSA) is 77.8 Å². The molecule has 0 N–H and O–H groups in total. The maximum atomic E-state index is 6.31. The molecule has 0 aliphatic heterocycles. The summed E-state index contributed by atoms with van der Waals surface area (Å²) < 4.78 is 12.5. The van der Waals surface area contributed by atoms with E-state index >= 15 is 0 Å². The Balaban J connectivity index is 1.10. The summed E-state index contributed by atoms with van der Waals surface area (Å²) in [4.78, 5) is 19.0. The van der Waals surface area contributed by atoms with E-state index in [1.807, 2.05) is 78.9 Å². The predicted molar refractivity (Wildman–Crippen MR) is 174 cm³/mol. The zero-order valence-electron chi connectivity index (χ0n) is 23.3. The average Bonchev–Trinajstić information content (AvgIpc) is 3.67. The van der Waals surface area contributed by atoms with Crippen LogP contribution in [-0.2, 0) is 0 Å². The number of para-hydroxylation sites is 2. The van der Waals surface area contributed by atoms with Crippen molar-refractivity contribution in [3.63, 3.8) is 0 Å². The highest BCUT2D eigenvalue weighted by molar-refractivity contribution is 6.07. The summed E-state index contributed by atoms with van der Waals surface area (Å²) >= 11 is 0. The Kier molecular flexibility index (Phi) is 5.40. The van der Waals surface area contributed by atoms with Crippen LogP contribution in [-0.4, -0.2) is 19.9 Å². The number of rotatable bonds is 4. The minimum atomic E-state index is 0.669. The summed E-state index contributed by atoms with van der Waals surface area (Å²) in [5.74, 6) is 0.669. The SMILES string of the molecule is c1ccc(-c2nc(-c3ccc(-c4ccc(-c5ncnc6c5oc5ccccc56)cc4)cc3)c3oc4ccccc4c3n2)cc1. The molecule has 0 saturated heterocycles. The maximum absolute atomic E-state index is 6.31. The van der Waals surface area contributed by atoms with Gasteiger partial charge in [-0.25, -0.2) is 19.9 Å². The molecule has 0 bridgehead atoms. The van der Waals surface area contributed by atoms with Crippen LogP contribution in [0.25, 0.3) is 89.2 Å². The number of hydrogen-bond acceptors (Lipinski definition) is 6. The van der Waals surface area contributed by atoms with Gasteiger partial charge < -0.3 is 8.83 Å². The van der Waals surface area contributed by atoms with Crippen molar-refractivity contribution in [2.75, 3.05) is 0 Å². The summed E-state index contributed by atoms with van der Waals surface area (Å²) in [7, 11) is 0. The van der Waals surface area contributed by atoms with Gasteiger partial charge in [0.05, 0.1) is 0 Å². The number of furan rings is 2. The van der Waals surface area contributed by atoms with Gasteiger partial charge in [0.15, 0.2) is 17.0 Å². The van der Waals surface area contributed by atoms with Crippen LogP contribution in [0.4, 0.5) is 0 Å². The third kappa shape index (κ3) is 3.89. The zero-order chi connectivity index (χ0) is 29.0. The molecule has 0 amide bonds. The molecule has 4 heterocycles. The highest BCUT2D eigenvalue weighted by Crippen LogP contribution is 2.37. The molecule has 9 rings (SSSR count). The molecule has 0 fully saturated rings. The fourth-order valence-electron chi connectivity index (χ4n) is 5.87. The van der Waals surface area contributed by atoms with Crippen LogP contribution in [0.2, 0.25) is 0 Å². The first kappa shape index (κ1) is 24.5. The smallest absolute Gasteiger partial charge is 0.180 e. The standard InChI is InChI=1S/C38H22N4O2/c1-2-8-27(9-3-1)38-41-33(37-35(42-38)29-11-5-7-13-31(29)44-37)26-20-16-24(17-21-26)23-14-18-25(19-15-23)32-36-34(40-22-39-32)28-10-4-6-12-30(28)43-36/h1-22H. The quantitative estimate of drug-likeness (QED) is 0.211. The lowest BCUT2D eigenvalue weighted by molar-refractivity contribution is 0.667. The third-order valence-electron chi connectivity index (χ3n) is 8.06. The van der Waals surface area contributed by atoms with Crippen LogP contribution in [0, 0.1) is 0 Å². The lowest BCUT2D eigenvalue weighted by Crippen LogP contribution is -1.93. The lowest BCUT2D eigenvalue weighted by Gasteiger charge is -2.08. The van der Waals surface area contributed by atoms with Crippen molar-refractivity contribution >= 4 is 44.1 Å². The van der Waals surface area contributed by atoms with Crippen molar-refractivity contribution in [3.05, 3.63) is 134 Å². The van der Waals surface area contributed by atoms with Gasteiger partial charge in [-0.3, -0.25) is 0 Å². The molecule has 4 aromatic heterocycles. The molecule has 0 aliphatic rings. The van der Waals surface area contributed by atoms with Crippen LogP contribution in [0.3, 0.4) is 0 Å². The number of fused-ring (bicyclic) bond motifs is 6. The van der Waals surface area contributed by atoms with E-state index in [0.717, 1.165) is 72.2 Å².